The van der Waals surface area contributed by atoms with Gasteiger partial charge in [0.05, 0.1) is 24.8 Å². The molecule has 9 nitrogen and oxygen atoms in total. The number of aromatic nitrogens is 2. The standard InChI is InChI=1S/C19H19N5O4/c1-12-5-4-6-13(9-12)22-18-17(24(25)26)19(21-11-20-18)23-15-8-7-14(27-2)10-16(15)28-3/h4-11H,1-3H3,(H2,20,21,22,23). The second-order valence-electron chi connectivity index (χ2n) is 5.86. The van der Waals surface area contributed by atoms with E-state index in [-0.39, 0.29) is 17.3 Å². The Morgan fingerprint density at radius 3 is 2.39 bits per heavy atom. The minimum absolute atomic E-state index is 0.0404. The Morgan fingerprint density at radius 2 is 1.75 bits per heavy atom. The molecular weight excluding hydrogens is 362 g/mol. The summed E-state index contributed by atoms with van der Waals surface area (Å²) < 4.78 is 10.5. The van der Waals surface area contributed by atoms with Crippen molar-refractivity contribution in [2.75, 3.05) is 24.9 Å². The molecule has 144 valence electrons. The minimum Gasteiger partial charge on any atom is -0.497 e. The molecule has 0 aliphatic heterocycles. The van der Waals surface area contributed by atoms with Gasteiger partial charge in [0, 0.05) is 11.8 Å². The summed E-state index contributed by atoms with van der Waals surface area (Å²) >= 11 is 0. The summed E-state index contributed by atoms with van der Waals surface area (Å²) in [6.07, 6.45) is 1.25. The highest BCUT2D eigenvalue weighted by Crippen LogP contribution is 2.36. The van der Waals surface area contributed by atoms with Crippen LogP contribution in [0.25, 0.3) is 0 Å². The summed E-state index contributed by atoms with van der Waals surface area (Å²) in [5.41, 5.74) is 1.94. The van der Waals surface area contributed by atoms with Crippen LogP contribution < -0.4 is 20.1 Å². The summed E-state index contributed by atoms with van der Waals surface area (Å²) in [6.45, 7) is 1.93. The molecule has 3 aromatic rings. The molecule has 2 aromatic carbocycles. The largest absolute Gasteiger partial charge is 0.497 e. The lowest BCUT2D eigenvalue weighted by Gasteiger charge is -2.13. The van der Waals surface area contributed by atoms with Gasteiger partial charge in [-0.1, -0.05) is 12.1 Å². The Hall–Kier alpha value is -3.88. The van der Waals surface area contributed by atoms with Gasteiger partial charge in [0.1, 0.15) is 17.8 Å². The van der Waals surface area contributed by atoms with Gasteiger partial charge in [-0.2, -0.15) is 0 Å². The molecule has 0 bridgehead atoms. The third kappa shape index (κ3) is 4.09. The van der Waals surface area contributed by atoms with Gasteiger partial charge >= 0.3 is 5.69 Å². The van der Waals surface area contributed by atoms with E-state index in [1.54, 1.807) is 31.4 Å². The van der Waals surface area contributed by atoms with Crippen LogP contribution in [0, 0.1) is 17.0 Å². The van der Waals surface area contributed by atoms with Crippen molar-refractivity contribution < 1.29 is 14.4 Å². The average molecular weight is 381 g/mol. The molecular formula is C19H19N5O4. The molecule has 2 N–H and O–H groups in total. The second-order valence-corrected chi connectivity index (χ2v) is 5.86. The van der Waals surface area contributed by atoms with Crippen molar-refractivity contribution in [1.29, 1.82) is 0 Å². The van der Waals surface area contributed by atoms with Crippen LogP contribution >= 0.6 is 0 Å². The summed E-state index contributed by atoms with van der Waals surface area (Å²) in [5, 5.41) is 17.7. The van der Waals surface area contributed by atoms with Gasteiger partial charge in [-0.25, -0.2) is 9.97 Å². The van der Waals surface area contributed by atoms with Crippen molar-refractivity contribution in [3.05, 3.63) is 64.5 Å². The highest BCUT2D eigenvalue weighted by atomic mass is 16.6. The normalized spacial score (nSPS) is 10.2. The second kappa shape index (κ2) is 8.21. The Kier molecular flexibility index (Phi) is 5.54. The maximum Gasteiger partial charge on any atom is 0.353 e. The van der Waals surface area contributed by atoms with E-state index in [9.17, 15) is 10.1 Å². The summed E-state index contributed by atoms with van der Waals surface area (Å²) in [4.78, 5) is 19.3. The van der Waals surface area contributed by atoms with E-state index in [1.807, 2.05) is 25.1 Å². The fourth-order valence-electron chi connectivity index (χ4n) is 2.62. The minimum atomic E-state index is -0.531. The average Bonchev–Trinajstić information content (AvgIpc) is 2.68. The first kappa shape index (κ1) is 18.9. The first-order valence-corrected chi connectivity index (χ1v) is 8.34. The van der Waals surface area contributed by atoms with Crippen LogP contribution in [0.4, 0.5) is 28.7 Å². The molecule has 0 atom stereocenters. The van der Waals surface area contributed by atoms with E-state index in [4.69, 9.17) is 9.47 Å². The van der Waals surface area contributed by atoms with Crippen LogP contribution in [0.2, 0.25) is 0 Å². The zero-order valence-corrected chi connectivity index (χ0v) is 15.6. The maximum atomic E-state index is 11.7. The number of anilines is 4. The highest BCUT2D eigenvalue weighted by Gasteiger charge is 2.24. The van der Waals surface area contributed by atoms with Crippen LogP contribution in [0.3, 0.4) is 0 Å². The molecule has 1 aromatic heterocycles. The number of methoxy groups -OCH3 is 2. The Bertz CT molecular complexity index is 1010. The van der Waals surface area contributed by atoms with Gasteiger partial charge in [0.2, 0.25) is 11.6 Å². The number of benzene rings is 2. The fourth-order valence-corrected chi connectivity index (χ4v) is 2.62. The third-order valence-electron chi connectivity index (χ3n) is 3.95. The van der Waals surface area contributed by atoms with Crippen LogP contribution in [0.5, 0.6) is 11.5 Å². The summed E-state index contributed by atoms with van der Waals surface area (Å²) in [7, 11) is 3.04. The van der Waals surface area contributed by atoms with Gasteiger partial charge in [0.25, 0.3) is 0 Å². The zero-order chi connectivity index (χ0) is 20.1. The van der Waals surface area contributed by atoms with Crippen molar-refractivity contribution in [2.24, 2.45) is 0 Å². The lowest BCUT2D eigenvalue weighted by Crippen LogP contribution is -2.06. The van der Waals surface area contributed by atoms with Crippen molar-refractivity contribution in [3.63, 3.8) is 0 Å². The van der Waals surface area contributed by atoms with Crippen molar-refractivity contribution >= 4 is 28.7 Å². The van der Waals surface area contributed by atoms with E-state index in [1.165, 1.54) is 13.4 Å². The zero-order valence-electron chi connectivity index (χ0n) is 15.6. The lowest BCUT2D eigenvalue weighted by molar-refractivity contribution is -0.383. The molecule has 0 unspecified atom stereocenters. The van der Waals surface area contributed by atoms with E-state index >= 15 is 0 Å². The molecule has 28 heavy (non-hydrogen) atoms. The molecule has 0 aliphatic carbocycles. The Labute approximate surface area is 161 Å². The fraction of sp³-hybridized carbons (Fsp3) is 0.158. The topological polar surface area (TPSA) is 111 Å². The van der Waals surface area contributed by atoms with Gasteiger partial charge in [-0.3, -0.25) is 10.1 Å². The monoisotopic (exact) mass is 381 g/mol. The first-order valence-electron chi connectivity index (χ1n) is 8.34. The molecule has 3 rings (SSSR count). The molecule has 0 aliphatic rings. The van der Waals surface area contributed by atoms with E-state index in [0.717, 1.165) is 5.56 Å². The highest BCUT2D eigenvalue weighted by molar-refractivity contribution is 5.78. The quantitative estimate of drug-likeness (QED) is 0.463. The molecule has 0 radical (unpaired) electrons. The molecule has 0 saturated heterocycles. The number of hydrogen-bond donors (Lipinski definition) is 2. The molecule has 0 saturated carbocycles. The molecule has 9 heteroatoms. The predicted octanol–water partition coefficient (Wildman–Crippen LogP) is 4.20. The third-order valence-corrected chi connectivity index (χ3v) is 3.95. The van der Waals surface area contributed by atoms with Crippen molar-refractivity contribution in [2.45, 2.75) is 6.92 Å². The lowest BCUT2D eigenvalue weighted by atomic mass is 10.2. The maximum absolute atomic E-state index is 11.7. The smallest absolute Gasteiger partial charge is 0.353 e. The molecule has 0 amide bonds. The summed E-state index contributed by atoms with van der Waals surface area (Å²) in [5.74, 6) is 1.18. The van der Waals surface area contributed by atoms with E-state index in [0.29, 0.717) is 22.9 Å². The van der Waals surface area contributed by atoms with Crippen molar-refractivity contribution in [3.8, 4) is 11.5 Å². The van der Waals surface area contributed by atoms with Crippen molar-refractivity contribution in [1.82, 2.24) is 9.97 Å². The van der Waals surface area contributed by atoms with Gasteiger partial charge in [-0.05, 0) is 36.8 Å². The Morgan fingerprint density at radius 1 is 1.00 bits per heavy atom. The first-order chi connectivity index (χ1) is 13.5. The molecule has 0 fully saturated rings. The van der Waals surface area contributed by atoms with Crippen LogP contribution in [-0.4, -0.2) is 29.1 Å². The SMILES string of the molecule is COc1ccc(Nc2ncnc(Nc3cccc(C)c3)c2[N+](=O)[O-])c(OC)c1. The van der Waals surface area contributed by atoms with Gasteiger partial charge in [0.15, 0.2) is 0 Å². The van der Waals surface area contributed by atoms with Crippen LogP contribution in [0.1, 0.15) is 5.56 Å². The number of nitro groups is 1. The molecule has 0 spiro atoms. The number of nitrogens with one attached hydrogen (secondary N) is 2. The van der Waals surface area contributed by atoms with Gasteiger partial charge < -0.3 is 20.1 Å². The molecule has 1 heterocycles. The van der Waals surface area contributed by atoms with Gasteiger partial charge in [-0.15, -0.1) is 0 Å². The predicted molar refractivity (Wildman–Crippen MR) is 106 cm³/mol. The van der Waals surface area contributed by atoms with Crippen LogP contribution in [0.15, 0.2) is 48.8 Å². The van der Waals surface area contributed by atoms with Crippen LogP contribution in [-0.2, 0) is 0 Å². The van der Waals surface area contributed by atoms with E-state index in [2.05, 4.69) is 20.6 Å². The number of aryl methyl sites for hydroxylation is 1. The number of hydrogen-bond acceptors (Lipinski definition) is 8. The Balaban J connectivity index is 1.99. The number of ether oxygens (including phenoxy) is 2. The van der Waals surface area contributed by atoms with E-state index < -0.39 is 4.92 Å². The number of rotatable bonds is 7. The number of nitrogens with zero attached hydrogens (tertiary/aromatic N) is 3. The summed E-state index contributed by atoms with van der Waals surface area (Å²) in [6, 6.07) is 12.5.